The van der Waals surface area contributed by atoms with Crippen LogP contribution in [0.15, 0.2) is 30.5 Å². The van der Waals surface area contributed by atoms with Gasteiger partial charge in [0.1, 0.15) is 5.82 Å². The molecule has 1 heterocycles. The van der Waals surface area contributed by atoms with Crippen molar-refractivity contribution in [2.75, 3.05) is 9.62 Å². The molecule has 6 nitrogen and oxygen atoms in total. The minimum absolute atomic E-state index is 0.0780. The van der Waals surface area contributed by atoms with Gasteiger partial charge in [-0.1, -0.05) is 12.1 Å². The van der Waals surface area contributed by atoms with Gasteiger partial charge in [0.05, 0.1) is 11.3 Å². The summed E-state index contributed by atoms with van der Waals surface area (Å²) < 4.78 is 2.82. The maximum Gasteiger partial charge on any atom is 0.310 e. The molecule has 0 bridgehead atoms. The molecule has 7 heteroatoms. The van der Waals surface area contributed by atoms with Gasteiger partial charge in [-0.05, 0) is 32.9 Å². The normalized spacial score (nSPS) is 10.4. The first-order valence-electron chi connectivity index (χ1n) is 6.98. The average Bonchev–Trinajstić information content (AvgIpc) is 2.49. The van der Waals surface area contributed by atoms with Crippen LogP contribution < -0.4 is 14.9 Å². The molecule has 0 aliphatic heterocycles. The van der Waals surface area contributed by atoms with E-state index in [1.807, 2.05) is 39.0 Å². The molecule has 3 N–H and O–H groups in total. The molecule has 1 aromatic carbocycles. The summed E-state index contributed by atoms with van der Waals surface area (Å²) in [6.45, 7) is 5.77. The predicted molar refractivity (Wildman–Crippen MR) is 88.5 cm³/mol. The SMILES string of the molecule is Cc1cnc([NH][Al])nc1Nc1ccccc1C(=O)NC(C)C. The van der Waals surface area contributed by atoms with Crippen LogP contribution in [-0.4, -0.2) is 38.4 Å². The Labute approximate surface area is 138 Å². The average molecular weight is 311 g/mol. The summed E-state index contributed by atoms with van der Waals surface area (Å²) in [5.74, 6) is 1.03. The molecule has 0 aliphatic rings. The first kappa shape index (κ1) is 16.3. The smallest absolute Gasteiger partial charge is 0.310 e. The summed E-state index contributed by atoms with van der Waals surface area (Å²) >= 11 is 2.36. The first-order valence-corrected chi connectivity index (χ1v) is 7.56. The first-order chi connectivity index (χ1) is 10.5. The van der Waals surface area contributed by atoms with Crippen LogP contribution in [0.2, 0.25) is 0 Å². The molecule has 2 rings (SSSR count). The highest BCUT2D eigenvalue weighted by Gasteiger charge is 2.13. The van der Waals surface area contributed by atoms with E-state index in [0.717, 1.165) is 5.56 Å². The second-order valence-electron chi connectivity index (χ2n) is 5.17. The van der Waals surface area contributed by atoms with Crippen molar-refractivity contribution in [3.05, 3.63) is 41.6 Å². The summed E-state index contributed by atoms with van der Waals surface area (Å²) in [5, 5.41) is 6.10. The summed E-state index contributed by atoms with van der Waals surface area (Å²) in [5.41, 5.74) is 2.18. The minimum Gasteiger partial charge on any atom is -0.461 e. The van der Waals surface area contributed by atoms with Gasteiger partial charge in [0.25, 0.3) is 5.91 Å². The van der Waals surface area contributed by atoms with Crippen LogP contribution in [0.3, 0.4) is 0 Å². The summed E-state index contributed by atoms with van der Waals surface area (Å²) in [7, 11) is 0. The van der Waals surface area contributed by atoms with E-state index in [0.29, 0.717) is 23.0 Å². The fraction of sp³-hybridized carbons (Fsp3) is 0.267. The number of para-hydroxylation sites is 1. The fourth-order valence-electron chi connectivity index (χ4n) is 1.90. The molecular formula is C15H18AlN5O. The van der Waals surface area contributed by atoms with Crippen LogP contribution in [0, 0.1) is 6.92 Å². The molecule has 0 saturated heterocycles. The van der Waals surface area contributed by atoms with Gasteiger partial charge in [0, 0.05) is 17.8 Å². The molecule has 0 spiro atoms. The van der Waals surface area contributed by atoms with Crippen molar-refractivity contribution in [1.29, 1.82) is 0 Å². The lowest BCUT2D eigenvalue weighted by atomic mass is 10.1. The molecule has 1 amide bonds. The van der Waals surface area contributed by atoms with Crippen LogP contribution >= 0.6 is 0 Å². The van der Waals surface area contributed by atoms with Crippen molar-refractivity contribution in [1.82, 2.24) is 15.3 Å². The fourth-order valence-corrected chi connectivity index (χ4v) is 2.03. The zero-order valence-electron chi connectivity index (χ0n) is 12.8. The number of carbonyl (C=O) groups excluding carboxylic acids is 1. The second kappa shape index (κ2) is 7.25. The standard InChI is InChI=1S/C15H19N5O.Al/c1-9(2)18-14(21)11-6-4-5-7-12(11)19-13-10(3)8-17-15(16)20-13;/h4-9H,1-3H3,(H4,16,17,18,19,20,21);/q;+1/p-1. The van der Waals surface area contributed by atoms with E-state index < -0.39 is 0 Å². The molecule has 0 fully saturated rings. The number of amides is 1. The van der Waals surface area contributed by atoms with E-state index in [2.05, 4.69) is 41.4 Å². The third-order valence-electron chi connectivity index (χ3n) is 2.95. The lowest BCUT2D eigenvalue weighted by Crippen LogP contribution is -2.30. The van der Waals surface area contributed by atoms with E-state index in [-0.39, 0.29) is 11.9 Å². The van der Waals surface area contributed by atoms with Crippen LogP contribution in [0.1, 0.15) is 29.8 Å². The quantitative estimate of drug-likeness (QED) is 0.738. The van der Waals surface area contributed by atoms with Crippen molar-refractivity contribution >= 4 is 39.9 Å². The Bertz CT molecular complexity index is 675. The van der Waals surface area contributed by atoms with Crippen molar-refractivity contribution < 1.29 is 4.79 Å². The van der Waals surface area contributed by atoms with E-state index in [1.165, 1.54) is 0 Å². The highest BCUT2D eigenvalue weighted by Crippen LogP contribution is 2.22. The van der Waals surface area contributed by atoms with Crippen molar-refractivity contribution in [3.63, 3.8) is 0 Å². The lowest BCUT2D eigenvalue weighted by Gasteiger charge is -2.15. The number of rotatable bonds is 5. The zero-order valence-corrected chi connectivity index (χ0v) is 14.0. The Morgan fingerprint density at radius 1 is 1.27 bits per heavy atom. The van der Waals surface area contributed by atoms with Gasteiger partial charge in [-0.2, -0.15) is 4.98 Å². The summed E-state index contributed by atoms with van der Waals surface area (Å²) in [4.78, 5) is 20.8. The lowest BCUT2D eigenvalue weighted by molar-refractivity contribution is 0.0944. The number of hydrogen-bond acceptors (Lipinski definition) is 5. The van der Waals surface area contributed by atoms with Crippen LogP contribution in [0.5, 0.6) is 0 Å². The van der Waals surface area contributed by atoms with E-state index in [1.54, 1.807) is 12.3 Å². The van der Waals surface area contributed by atoms with E-state index in [9.17, 15) is 4.79 Å². The Morgan fingerprint density at radius 3 is 2.68 bits per heavy atom. The number of nitrogens with one attached hydrogen (secondary N) is 3. The maximum atomic E-state index is 12.3. The molecule has 0 unspecified atom stereocenters. The molecule has 1 aromatic heterocycles. The van der Waals surface area contributed by atoms with Gasteiger partial charge in [-0.25, -0.2) is 4.98 Å². The molecule has 0 aliphatic carbocycles. The number of anilines is 3. The zero-order chi connectivity index (χ0) is 16.1. The van der Waals surface area contributed by atoms with Gasteiger partial charge in [-0.3, -0.25) is 4.79 Å². The molecule has 0 atom stereocenters. The molecule has 2 aromatic rings. The molecular weight excluding hydrogens is 293 g/mol. The molecule has 2 radical (unpaired) electrons. The third-order valence-corrected chi connectivity index (χ3v) is 3.20. The van der Waals surface area contributed by atoms with Gasteiger partial charge in [0.15, 0.2) is 5.95 Å². The predicted octanol–water partition coefficient (Wildman–Crippen LogP) is 2.16. The number of aromatic nitrogens is 2. The van der Waals surface area contributed by atoms with Gasteiger partial charge in [-0.15, -0.1) is 0 Å². The Morgan fingerprint density at radius 2 is 2.00 bits per heavy atom. The highest BCUT2D eigenvalue weighted by molar-refractivity contribution is 6.15. The minimum atomic E-state index is -0.116. The molecule has 22 heavy (non-hydrogen) atoms. The van der Waals surface area contributed by atoms with E-state index in [4.69, 9.17) is 0 Å². The topological polar surface area (TPSA) is 78.9 Å². The molecule has 112 valence electrons. The van der Waals surface area contributed by atoms with Gasteiger partial charge >= 0.3 is 16.5 Å². The Hall–Kier alpha value is -2.10. The van der Waals surface area contributed by atoms with Crippen LogP contribution in [0.4, 0.5) is 17.5 Å². The van der Waals surface area contributed by atoms with E-state index >= 15 is 0 Å². The number of nitrogens with zero attached hydrogens (tertiary/aromatic N) is 2. The number of carbonyl (C=O) groups is 1. The highest BCUT2D eigenvalue weighted by atomic mass is 27.1. The Balaban J connectivity index is 2.32. The van der Waals surface area contributed by atoms with Crippen LogP contribution in [-0.2, 0) is 0 Å². The van der Waals surface area contributed by atoms with Gasteiger partial charge in [0.2, 0.25) is 0 Å². The van der Waals surface area contributed by atoms with Crippen molar-refractivity contribution in [2.45, 2.75) is 26.8 Å². The second-order valence-corrected chi connectivity index (χ2v) is 5.46. The van der Waals surface area contributed by atoms with Gasteiger partial charge < -0.3 is 14.9 Å². The summed E-state index contributed by atoms with van der Waals surface area (Å²) in [6, 6.07) is 7.42. The number of benzene rings is 1. The monoisotopic (exact) mass is 311 g/mol. The number of aryl methyl sites for hydroxylation is 1. The summed E-state index contributed by atoms with van der Waals surface area (Å²) in [6.07, 6.45) is 1.72. The largest absolute Gasteiger partial charge is 0.461 e. The van der Waals surface area contributed by atoms with Crippen molar-refractivity contribution in [2.24, 2.45) is 0 Å². The maximum absolute atomic E-state index is 12.3. The Kier molecular flexibility index (Phi) is 5.37. The van der Waals surface area contributed by atoms with Crippen molar-refractivity contribution in [3.8, 4) is 0 Å². The number of hydrogen-bond donors (Lipinski definition) is 3. The third kappa shape index (κ3) is 3.97. The molecule has 0 saturated carbocycles. The van der Waals surface area contributed by atoms with Crippen LogP contribution in [0.25, 0.3) is 0 Å².